The molecule has 4 amide bonds. The van der Waals surface area contributed by atoms with Crippen LogP contribution >= 0.6 is 0 Å². The number of carbonyl (C=O) groups is 4. The second-order valence-electron chi connectivity index (χ2n) is 25.1. The molecule has 0 radical (unpaired) electrons. The van der Waals surface area contributed by atoms with Gasteiger partial charge in [0.05, 0.1) is 65.5 Å². The molecule has 7 rings (SSSR count). The Kier molecular flexibility index (Phi) is 31.7. The third-order valence-corrected chi connectivity index (χ3v) is 17.9. The zero-order chi connectivity index (χ0) is 74.9. The molecule has 586 valence electrons. The molecule has 0 aliphatic carbocycles. The first-order chi connectivity index (χ1) is 47.8. The molecule has 0 spiro atoms. The van der Waals surface area contributed by atoms with Gasteiger partial charge in [0.2, 0.25) is 23.6 Å². The Bertz CT molecular complexity index is 2580. The second-order valence-corrected chi connectivity index (χ2v) is 25.1. The van der Waals surface area contributed by atoms with Gasteiger partial charge in [-0.3, -0.25) is 19.2 Å². The first kappa shape index (κ1) is 84.7. The van der Waals surface area contributed by atoms with Crippen molar-refractivity contribution in [3.8, 4) is 0 Å². The summed E-state index contributed by atoms with van der Waals surface area (Å²) in [4.78, 5) is 50.6. The number of amides is 4. The van der Waals surface area contributed by atoms with Gasteiger partial charge in [-0.15, -0.1) is 0 Å². The molecule has 45 nitrogen and oxygen atoms in total. The highest BCUT2D eigenvalue weighted by molar-refractivity contribution is 5.74. The molecule has 39 atom stereocenters. The Morgan fingerprint density at radius 3 is 0.871 bits per heavy atom. The van der Waals surface area contributed by atoms with Gasteiger partial charge in [-0.25, -0.2) is 0 Å². The van der Waals surface area contributed by atoms with Crippen LogP contribution in [0.1, 0.15) is 27.7 Å². The maximum absolute atomic E-state index is 13.0. The van der Waals surface area contributed by atoms with E-state index in [1.165, 1.54) is 0 Å². The lowest BCUT2D eigenvalue weighted by Gasteiger charge is -2.51. The van der Waals surface area contributed by atoms with Gasteiger partial charge in [0.25, 0.3) is 0 Å². The molecule has 45 heteroatoms. The molecular weight excluding hydrogens is 1380 g/mol. The highest BCUT2D eigenvalue weighted by Crippen LogP contribution is 2.39. The highest BCUT2D eigenvalue weighted by Gasteiger charge is 2.60. The smallest absolute Gasteiger partial charge is 0.217 e. The van der Waals surface area contributed by atoms with Crippen molar-refractivity contribution in [2.75, 3.05) is 59.5 Å². The Morgan fingerprint density at radius 1 is 0.317 bits per heavy atom. The zero-order valence-corrected chi connectivity index (χ0v) is 54.5. The Labute approximate surface area is 572 Å². The van der Waals surface area contributed by atoms with E-state index in [1.807, 2.05) is 0 Å². The minimum atomic E-state index is -2.38. The summed E-state index contributed by atoms with van der Waals surface area (Å²) in [5.41, 5.74) is 0. The Morgan fingerprint density at radius 2 is 0.584 bits per heavy atom. The van der Waals surface area contributed by atoms with E-state index < -0.39 is 322 Å². The van der Waals surface area contributed by atoms with Gasteiger partial charge < -0.3 is 205 Å². The second kappa shape index (κ2) is 37.8. The molecule has 0 aromatic carbocycles. The molecule has 0 aromatic heterocycles. The Balaban J connectivity index is 1.09. The first-order valence-electron chi connectivity index (χ1n) is 32.0. The van der Waals surface area contributed by atoms with E-state index in [4.69, 9.17) is 66.3 Å². The van der Waals surface area contributed by atoms with Crippen LogP contribution in [0.2, 0.25) is 0 Å². The van der Waals surface area contributed by atoms with Crippen molar-refractivity contribution in [1.29, 1.82) is 0 Å². The van der Waals surface area contributed by atoms with E-state index in [-0.39, 0.29) is 0 Å². The van der Waals surface area contributed by atoms with Crippen LogP contribution in [0, 0.1) is 0 Å². The van der Waals surface area contributed by atoms with Crippen molar-refractivity contribution >= 4 is 23.6 Å². The van der Waals surface area contributed by atoms with E-state index in [9.17, 15) is 137 Å². The van der Waals surface area contributed by atoms with E-state index in [2.05, 4.69) is 21.3 Å². The molecule has 0 aromatic rings. The summed E-state index contributed by atoms with van der Waals surface area (Å²) in [5, 5.41) is 260. The van der Waals surface area contributed by atoms with E-state index in [0.717, 1.165) is 27.7 Å². The van der Waals surface area contributed by atoms with Crippen molar-refractivity contribution in [2.45, 2.75) is 267 Å². The molecule has 0 unspecified atom stereocenters. The quantitative estimate of drug-likeness (QED) is 0.0318. The van der Waals surface area contributed by atoms with Crippen molar-refractivity contribution in [1.82, 2.24) is 21.3 Å². The maximum atomic E-state index is 13.0. The van der Waals surface area contributed by atoms with Crippen LogP contribution in [-0.2, 0) is 85.5 Å². The predicted octanol–water partition coefficient (Wildman–Crippen LogP) is -18.2. The van der Waals surface area contributed by atoms with Crippen LogP contribution in [0.15, 0.2) is 0 Å². The highest BCUT2D eigenvalue weighted by atomic mass is 16.8. The topological polar surface area (TPSA) is 711 Å². The minimum absolute atomic E-state index is 0.780. The maximum Gasteiger partial charge on any atom is 0.217 e. The number of carbonyl (C=O) groups excluding carboxylic acids is 4. The number of aliphatic hydroxyl groups is 23. The van der Waals surface area contributed by atoms with Crippen LogP contribution in [0.3, 0.4) is 0 Å². The number of ether oxygens (including phenoxy) is 14. The van der Waals surface area contributed by atoms with E-state index in [0.29, 0.717) is 0 Å². The Hall–Kier alpha value is -3.60. The van der Waals surface area contributed by atoms with E-state index >= 15 is 0 Å². The molecule has 7 saturated heterocycles. The van der Waals surface area contributed by atoms with Crippen LogP contribution in [0.5, 0.6) is 0 Å². The average Bonchev–Trinajstić information content (AvgIpc) is 0.774. The van der Waals surface area contributed by atoms with Crippen LogP contribution < -0.4 is 21.3 Å². The van der Waals surface area contributed by atoms with Crippen molar-refractivity contribution in [3.05, 3.63) is 0 Å². The van der Waals surface area contributed by atoms with Crippen LogP contribution in [-0.4, -0.2) is 440 Å². The van der Waals surface area contributed by atoms with Crippen LogP contribution in [0.4, 0.5) is 0 Å². The normalized spacial score (nSPS) is 45.0. The summed E-state index contributed by atoms with van der Waals surface area (Å²) >= 11 is 0. The fraction of sp³-hybridized carbons (Fsp3) is 0.929. The van der Waals surface area contributed by atoms with E-state index in [1.54, 1.807) is 0 Å². The number of hydrogen-bond acceptors (Lipinski definition) is 41. The first-order valence-corrected chi connectivity index (χ1v) is 32.0. The number of rotatable bonds is 30. The lowest BCUT2D eigenvalue weighted by molar-refractivity contribution is -0.385. The molecular formula is C56H96N4O41. The van der Waals surface area contributed by atoms with Gasteiger partial charge in [0.1, 0.15) is 189 Å². The zero-order valence-electron chi connectivity index (χ0n) is 54.5. The van der Waals surface area contributed by atoms with Crippen molar-refractivity contribution < 1.29 is 203 Å². The standard InChI is InChI=1S/C56H96N4O41/c1-14(70)57-18(5-61)43(30(75)19(74)6-62)95-54-40(85)36(81)44(24(11-67)92-54)96-51-28(59-16(3)72)48(33(78)22(9-65)89-51)100-56-42(87)38(83)46(26(13-69)94-56)98-52-29(60-17(4)73)49(34(79)23(10-66)90-52)101-55-41(86)37(82)45(25(12-68)93-55)97-50-27(58-15(2)71)47(32(77)21(8-64)88-50)99-53-39(84)35(80)31(76)20(7-63)91-53/h18-56,61-69,74-87H,5-13H2,1-4H3,(H,57,70)(H,58,71)(H,59,72)(H,60,73)/t18-,19+,20+,21+,22+,23+,24+,25+,26+,27+,28+,29+,30-,31-,32-,33-,34-,35-,36+,37+,38+,39+,40+,41+,42+,43+,44-,45-,46-,47+,48+,49+,50+,51+,52+,53-,54-,55-,56-/m0/s1. The number of nitrogens with one attached hydrogen (secondary N) is 4. The van der Waals surface area contributed by atoms with Gasteiger partial charge in [-0.05, 0) is 0 Å². The van der Waals surface area contributed by atoms with Crippen LogP contribution in [0.25, 0.3) is 0 Å². The SMILES string of the molecule is CC(=O)N[C@H]1[C@@H](O[C@@H]2[C@H](O)[C@@H](O)[C@H](O[C@H]3[C@@H](O)[C@@H](CO)O[C@H](O[C@@H]4[C@H](O)[C@@H](O)[C@H](O[C@H]5[C@@H](O)[C@@H](CO)O[C@H](O[C@@H]6[C@H](O)[C@@H](O)[C@H](O[C@@H]([C@@H](O)[C@H](O)CO)[C@H](CO)NC(C)=O)O[C@@H]6CO)[C@@H]5NC(C)=O)O[C@@H]4CO)[C@@H]3NC(C)=O)O[C@@H]2CO)O[C@H](CO)[C@H](O)[C@@H]1O[C@@H]1O[C@H](CO)[C@H](O)[C@H](O)[C@H]1O. The predicted molar refractivity (Wildman–Crippen MR) is 313 cm³/mol. The van der Waals surface area contributed by atoms with Gasteiger partial charge in [-0.1, -0.05) is 0 Å². The molecule has 7 aliphatic rings. The lowest BCUT2D eigenvalue weighted by Crippen LogP contribution is -2.71. The molecule has 7 fully saturated rings. The fourth-order valence-electron chi connectivity index (χ4n) is 12.7. The molecule has 0 bridgehead atoms. The van der Waals surface area contributed by atoms with Crippen molar-refractivity contribution in [2.24, 2.45) is 0 Å². The third kappa shape index (κ3) is 19.4. The minimum Gasteiger partial charge on any atom is -0.394 e. The van der Waals surface area contributed by atoms with Gasteiger partial charge in [0, 0.05) is 27.7 Å². The summed E-state index contributed by atoms with van der Waals surface area (Å²) < 4.78 is 81.9. The molecule has 7 aliphatic heterocycles. The summed E-state index contributed by atoms with van der Waals surface area (Å²) in [6.45, 7) is -5.65. The fourth-order valence-corrected chi connectivity index (χ4v) is 12.7. The summed E-state index contributed by atoms with van der Waals surface area (Å²) in [7, 11) is 0. The third-order valence-electron chi connectivity index (χ3n) is 17.9. The monoisotopic (exact) mass is 1480 g/mol. The summed E-state index contributed by atoms with van der Waals surface area (Å²) in [6, 6.07) is -7.07. The average molecular weight is 1480 g/mol. The largest absolute Gasteiger partial charge is 0.394 e. The lowest BCUT2D eigenvalue weighted by atomic mass is 9.93. The summed E-state index contributed by atoms with van der Waals surface area (Å²) in [5.74, 6) is -3.50. The van der Waals surface area contributed by atoms with Gasteiger partial charge in [0.15, 0.2) is 44.0 Å². The molecule has 7 heterocycles. The molecule has 27 N–H and O–H groups in total. The van der Waals surface area contributed by atoms with Crippen molar-refractivity contribution in [3.63, 3.8) is 0 Å². The summed E-state index contributed by atoms with van der Waals surface area (Å²) in [6.07, 6.45) is -70.7. The molecule has 101 heavy (non-hydrogen) atoms. The molecule has 0 saturated carbocycles. The van der Waals surface area contributed by atoms with Gasteiger partial charge in [-0.2, -0.15) is 0 Å². The van der Waals surface area contributed by atoms with Gasteiger partial charge >= 0.3 is 0 Å². The number of aliphatic hydroxyl groups excluding tert-OH is 23. The number of hydrogen-bond donors (Lipinski definition) is 27.